The zero-order valence-electron chi connectivity index (χ0n) is 18.5. The van der Waals surface area contributed by atoms with Crippen LogP contribution in [0, 0.1) is 23.2 Å². The van der Waals surface area contributed by atoms with E-state index in [1.54, 1.807) is 29.6 Å². The SMILES string of the molecule is C=Cc1ccc(-c2ccccc2C#N)cn1.CC(=O)N1SC2CC(F)(F)C(C)CC2C1C. The molecule has 2 aromatic rings. The number of rotatable bonds is 2. The molecule has 32 heavy (non-hydrogen) atoms. The predicted molar refractivity (Wildman–Crippen MR) is 125 cm³/mol. The molecule has 2 aliphatic rings. The Morgan fingerprint density at radius 1 is 1.31 bits per heavy atom. The molecule has 0 radical (unpaired) electrons. The minimum atomic E-state index is -2.57. The van der Waals surface area contributed by atoms with Crippen LogP contribution in [0.15, 0.2) is 49.2 Å². The van der Waals surface area contributed by atoms with Crippen molar-refractivity contribution in [2.75, 3.05) is 0 Å². The minimum absolute atomic E-state index is 0.0251. The number of alkyl halides is 2. The fourth-order valence-corrected chi connectivity index (χ4v) is 5.85. The molecule has 0 N–H and O–H groups in total. The third-order valence-corrected chi connectivity index (χ3v) is 7.80. The topological polar surface area (TPSA) is 57.0 Å². The molecule has 4 unspecified atom stereocenters. The van der Waals surface area contributed by atoms with Crippen LogP contribution in [-0.2, 0) is 4.79 Å². The van der Waals surface area contributed by atoms with Crippen molar-refractivity contribution in [2.24, 2.45) is 11.8 Å². The molecular formula is C25H27F2N3OS. The number of amides is 1. The number of carbonyl (C=O) groups excluding carboxylic acids is 1. The fraction of sp³-hybridized carbons (Fsp3) is 0.400. The van der Waals surface area contributed by atoms with Gasteiger partial charge in [0.1, 0.15) is 0 Å². The summed E-state index contributed by atoms with van der Waals surface area (Å²) in [5.41, 5.74) is 3.35. The number of pyridine rings is 1. The van der Waals surface area contributed by atoms with Gasteiger partial charge in [0.2, 0.25) is 5.91 Å². The number of benzene rings is 1. The Morgan fingerprint density at radius 3 is 2.62 bits per heavy atom. The lowest BCUT2D eigenvalue weighted by Gasteiger charge is -2.36. The maximum atomic E-state index is 13.6. The largest absolute Gasteiger partial charge is 0.283 e. The second-order valence-corrected chi connectivity index (χ2v) is 9.54. The first-order valence-electron chi connectivity index (χ1n) is 10.6. The summed E-state index contributed by atoms with van der Waals surface area (Å²) < 4.78 is 28.8. The first-order valence-corrected chi connectivity index (χ1v) is 11.4. The third-order valence-electron chi connectivity index (χ3n) is 6.20. The molecule has 1 aliphatic carbocycles. The molecule has 1 saturated carbocycles. The Kier molecular flexibility index (Phi) is 7.35. The molecule has 2 heterocycles. The normalized spacial score (nSPS) is 25.7. The number of carbonyl (C=O) groups is 1. The second kappa shape index (κ2) is 9.83. The highest BCUT2D eigenvalue weighted by Gasteiger charge is 2.53. The first-order chi connectivity index (χ1) is 15.2. The number of halogens is 2. The van der Waals surface area contributed by atoms with Crippen molar-refractivity contribution < 1.29 is 13.6 Å². The highest BCUT2D eigenvalue weighted by Crippen LogP contribution is 2.52. The van der Waals surface area contributed by atoms with Gasteiger partial charge in [0, 0.05) is 47.9 Å². The number of hydrogen-bond donors (Lipinski definition) is 0. The van der Waals surface area contributed by atoms with E-state index >= 15 is 0 Å². The summed E-state index contributed by atoms with van der Waals surface area (Å²) in [4.78, 5) is 15.6. The molecule has 1 saturated heterocycles. The highest BCUT2D eigenvalue weighted by atomic mass is 32.2. The van der Waals surface area contributed by atoms with Gasteiger partial charge in [-0.05, 0) is 49.4 Å². The summed E-state index contributed by atoms with van der Waals surface area (Å²) in [6.07, 6.45) is 3.89. The smallest absolute Gasteiger partial charge is 0.251 e. The number of fused-ring (bicyclic) bond motifs is 1. The van der Waals surface area contributed by atoms with Crippen LogP contribution >= 0.6 is 11.9 Å². The lowest BCUT2D eigenvalue weighted by atomic mass is 9.76. The summed E-state index contributed by atoms with van der Waals surface area (Å²) in [6.45, 7) is 8.74. The van der Waals surface area contributed by atoms with E-state index in [0.29, 0.717) is 12.0 Å². The first kappa shape index (κ1) is 23.9. The van der Waals surface area contributed by atoms with Gasteiger partial charge < -0.3 is 0 Å². The van der Waals surface area contributed by atoms with Gasteiger partial charge in [-0.15, -0.1) is 0 Å². The summed E-state index contributed by atoms with van der Waals surface area (Å²) >= 11 is 1.32. The van der Waals surface area contributed by atoms with Gasteiger partial charge in [0.05, 0.1) is 17.3 Å². The molecule has 4 rings (SSSR count). The van der Waals surface area contributed by atoms with Crippen LogP contribution in [0.4, 0.5) is 8.78 Å². The predicted octanol–water partition coefficient (Wildman–Crippen LogP) is 6.20. The van der Waals surface area contributed by atoms with Gasteiger partial charge in [-0.3, -0.25) is 14.1 Å². The van der Waals surface area contributed by atoms with Crippen molar-refractivity contribution >= 4 is 23.9 Å². The number of aromatic nitrogens is 1. The highest BCUT2D eigenvalue weighted by molar-refractivity contribution is 7.98. The zero-order valence-corrected chi connectivity index (χ0v) is 19.3. The minimum Gasteiger partial charge on any atom is -0.283 e. The van der Waals surface area contributed by atoms with Crippen LogP contribution in [0.3, 0.4) is 0 Å². The van der Waals surface area contributed by atoms with Crippen LogP contribution in [0.25, 0.3) is 17.2 Å². The molecule has 2 fully saturated rings. The van der Waals surface area contributed by atoms with E-state index < -0.39 is 11.8 Å². The van der Waals surface area contributed by atoms with Crippen LogP contribution in [0.2, 0.25) is 0 Å². The number of nitriles is 1. The van der Waals surface area contributed by atoms with E-state index in [1.807, 2.05) is 37.3 Å². The van der Waals surface area contributed by atoms with Crippen LogP contribution in [0.1, 0.15) is 44.9 Å². The molecule has 1 aromatic heterocycles. The quantitative estimate of drug-likeness (QED) is 0.506. The average molecular weight is 456 g/mol. The number of hydrogen-bond acceptors (Lipinski definition) is 4. The maximum Gasteiger partial charge on any atom is 0.251 e. The van der Waals surface area contributed by atoms with Crippen molar-refractivity contribution in [3.05, 3.63) is 60.4 Å². The maximum absolute atomic E-state index is 13.6. The second-order valence-electron chi connectivity index (χ2n) is 8.33. The molecule has 168 valence electrons. The van der Waals surface area contributed by atoms with Crippen LogP contribution in [-0.4, -0.2) is 32.4 Å². The molecular weight excluding hydrogens is 428 g/mol. The van der Waals surface area contributed by atoms with E-state index in [0.717, 1.165) is 16.8 Å². The van der Waals surface area contributed by atoms with Gasteiger partial charge in [-0.1, -0.05) is 37.8 Å². The third kappa shape index (κ3) is 5.02. The monoisotopic (exact) mass is 455 g/mol. The molecule has 1 aromatic carbocycles. The van der Waals surface area contributed by atoms with E-state index in [2.05, 4.69) is 17.6 Å². The zero-order chi connectivity index (χ0) is 23.5. The summed E-state index contributed by atoms with van der Waals surface area (Å²) in [7, 11) is 0. The molecule has 0 bridgehead atoms. The molecule has 1 amide bonds. The van der Waals surface area contributed by atoms with Crippen molar-refractivity contribution in [2.45, 2.75) is 50.8 Å². The van der Waals surface area contributed by atoms with Gasteiger partial charge in [-0.2, -0.15) is 5.26 Å². The molecule has 4 atom stereocenters. The lowest BCUT2D eigenvalue weighted by molar-refractivity contribution is -0.125. The Morgan fingerprint density at radius 2 is 2.03 bits per heavy atom. The molecule has 7 heteroatoms. The van der Waals surface area contributed by atoms with Crippen molar-refractivity contribution in [1.82, 2.24) is 9.29 Å². The van der Waals surface area contributed by atoms with Gasteiger partial charge in [-0.25, -0.2) is 8.78 Å². The lowest BCUT2D eigenvalue weighted by Crippen LogP contribution is -2.42. The standard InChI is InChI=1S/C14H10N2.C11H17F2NOS/c1-2-13-8-7-12(10-16-13)14-6-4-3-5-11(14)9-15;1-6-4-9-7(2)14(8(3)15)16-10(9)5-11(6,12)13/h2-8,10H,1H2;6-7,9-10H,4-5H2,1-3H3. The van der Waals surface area contributed by atoms with E-state index in [4.69, 9.17) is 5.26 Å². The van der Waals surface area contributed by atoms with E-state index in [9.17, 15) is 13.6 Å². The summed E-state index contributed by atoms with van der Waals surface area (Å²) in [6, 6.07) is 13.6. The Balaban J connectivity index is 0.000000181. The Bertz CT molecular complexity index is 1020. The Hall–Kier alpha value is -2.72. The number of nitrogens with zero attached hydrogens (tertiary/aromatic N) is 3. The van der Waals surface area contributed by atoms with Crippen molar-refractivity contribution in [3.8, 4) is 17.2 Å². The van der Waals surface area contributed by atoms with Crippen LogP contribution < -0.4 is 0 Å². The van der Waals surface area contributed by atoms with Crippen LogP contribution in [0.5, 0.6) is 0 Å². The van der Waals surface area contributed by atoms with Gasteiger partial charge in [0.25, 0.3) is 5.92 Å². The van der Waals surface area contributed by atoms with Gasteiger partial charge >= 0.3 is 0 Å². The summed E-state index contributed by atoms with van der Waals surface area (Å²) in [5, 5.41) is 8.90. The van der Waals surface area contributed by atoms with E-state index in [-0.39, 0.29) is 29.5 Å². The summed E-state index contributed by atoms with van der Waals surface area (Å²) in [5.74, 6) is -2.93. The fourth-order valence-electron chi connectivity index (χ4n) is 4.27. The molecule has 0 spiro atoms. The average Bonchev–Trinajstić information content (AvgIpc) is 3.09. The Labute approximate surface area is 192 Å². The van der Waals surface area contributed by atoms with Gasteiger partial charge in [0.15, 0.2) is 0 Å². The van der Waals surface area contributed by atoms with E-state index in [1.165, 1.54) is 18.9 Å². The van der Waals surface area contributed by atoms with Crippen molar-refractivity contribution in [3.63, 3.8) is 0 Å². The molecule has 1 aliphatic heterocycles. The van der Waals surface area contributed by atoms with Crippen molar-refractivity contribution in [1.29, 1.82) is 5.26 Å². The molecule has 4 nitrogen and oxygen atoms in total.